The Morgan fingerprint density at radius 2 is 1.79 bits per heavy atom. The van der Waals surface area contributed by atoms with Crippen LogP contribution in [-0.2, 0) is 16.2 Å². The number of benzene rings is 3. The van der Waals surface area contributed by atoms with Gasteiger partial charge < -0.3 is 14.4 Å². The summed E-state index contributed by atoms with van der Waals surface area (Å²) in [4.78, 5) is 26.8. The lowest BCUT2D eigenvalue weighted by Gasteiger charge is -2.17. The second-order valence-electron chi connectivity index (χ2n) is 8.14. The Morgan fingerprint density at radius 1 is 1.06 bits per heavy atom. The molecule has 7 nitrogen and oxygen atoms in total. The first kappa shape index (κ1) is 23.6. The van der Waals surface area contributed by atoms with E-state index < -0.39 is 5.92 Å². The van der Waals surface area contributed by atoms with E-state index in [1.165, 1.54) is 0 Å². The summed E-state index contributed by atoms with van der Waals surface area (Å²) in [5.74, 6) is 0.405. The van der Waals surface area contributed by atoms with Gasteiger partial charge in [0.05, 0.1) is 18.7 Å². The van der Waals surface area contributed by atoms with E-state index in [-0.39, 0.29) is 18.2 Å². The second-order valence-corrected chi connectivity index (χ2v) is 9.05. The fourth-order valence-electron chi connectivity index (χ4n) is 3.70. The van der Waals surface area contributed by atoms with Crippen molar-refractivity contribution in [1.82, 2.24) is 5.43 Å². The summed E-state index contributed by atoms with van der Waals surface area (Å²) in [5, 5.41) is 0. The number of hydrazine groups is 1. The minimum absolute atomic E-state index is 0.0575. The van der Waals surface area contributed by atoms with Crippen molar-refractivity contribution in [2.24, 2.45) is 5.92 Å². The number of ether oxygens (including phenoxy) is 2. The Bertz CT molecular complexity index is 1170. The molecule has 1 heterocycles. The topological polar surface area (TPSA) is 79.9 Å². The van der Waals surface area contributed by atoms with Crippen LogP contribution in [0.3, 0.4) is 0 Å². The number of amides is 2. The van der Waals surface area contributed by atoms with Crippen LogP contribution in [0, 0.1) is 12.8 Å². The summed E-state index contributed by atoms with van der Waals surface area (Å²) in [5.41, 5.74) is 9.22. The molecule has 0 aliphatic carbocycles. The summed E-state index contributed by atoms with van der Waals surface area (Å²) in [6.07, 6.45) is 0.174. The SMILES string of the molecule is COc1cc(NNC(=O)[C@H]2CC(=O)N(c3ccc(C)cc3)C2)ccc1OCc1ccc(Br)cc1. The molecular weight excluding hydrogens is 498 g/mol. The van der Waals surface area contributed by atoms with Crippen LogP contribution in [-0.4, -0.2) is 25.5 Å². The highest BCUT2D eigenvalue weighted by molar-refractivity contribution is 9.10. The van der Waals surface area contributed by atoms with Crippen molar-refractivity contribution in [3.8, 4) is 11.5 Å². The molecule has 1 saturated heterocycles. The molecule has 0 bridgehead atoms. The number of aryl methyl sites for hydroxylation is 1. The number of hydrogen-bond acceptors (Lipinski definition) is 5. The first-order valence-electron chi connectivity index (χ1n) is 10.9. The zero-order chi connectivity index (χ0) is 24.1. The number of carbonyl (C=O) groups excluding carboxylic acids is 2. The monoisotopic (exact) mass is 523 g/mol. The fourth-order valence-corrected chi connectivity index (χ4v) is 3.96. The number of carbonyl (C=O) groups is 2. The molecule has 0 aromatic heterocycles. The molecule has 176 valence electrons. The molecule has 0 spiro atoms. The Morgan fingerprint density at radius 3 is 2.50 bits per heavy atom. The van der Waals surface area contributed by atoms with Crippen molar-refractivity contribution in [3.05, 3.63) is 82.3 Å². The van der Waals surface area contributed by atoms with Crippen molar-refractivity contribution in [2.75, 3.05) is 24.0 Å². The maximum Gasteiger partial charge on any atom is 0.243 e. The van der Waals surface area contributed by atoms with Crippen LogP contribution >= 0.6 is 15.9 Å². The minimum atomic E-state index is -0.434. The Labute approximate surface area is 207 Å². The molecule has 0 radical (unpaired) electrons. The van der Waals surface area contributed by atoms with Gasteiger partial charge >= 0.3 is 0 Å². The third kappa shape index (κ3) is 5.69. The van der Waals surface area contributed by atoms with E-state index >= 15 is 0 Å². The van der Waals surface area contributed by atoms with E-state index in [2.05, 4.69) is 26.8 Å². The van der Waals surface area contributed by atoms with Gasteiger partial charge in [-0.2, -0.15) is 0 Å². The molecule has 3 aromatic carbocycles. The molecule has 1 fully saturated rings. The predicted molar refractivity (Wildman–Crippen MR) is 135 cm³/mol. The van der Waals surface area contributed by atoms with Gasteiger partial charge in [-0.05, 0) is 48.9 Å². The number of rotatable bonds is 8. The van der Waals surface area contributed by atoms with Crippen LogP contribution in [0.2, 0.25) is 0 Å². The van der Waals surface area contributed by atoms with Gasteiger partial charge in [0.2, 0.25) is 11.8 Å². The maximum absolute atomic E-state index is 12.7. The lowest BCUT2D eigenvalue weighted by molar-refractivity contribution is -0.125. The molecule has 0 unspecified atom stereocenters. The van der Waals surface area contributed by atoms with Gasteiger partial charge in [0.25, 0.3) is 0 Å². The number of halogens is 1. The summed E-state index contributed by atoms with van der Waals surface area (Å²) in [6, 6.07) is 20.9. The number of anilines is 2. The smallest absolute Gasteiger partial charge is 0.243 e. The first-order valence-corrected chi connectivity index (χ1v) is 11.7. The molecule has 2 amide bonds. The van der Waals surface area contributed by atoms with Gasteiger partial charge in [0.15, 0.2) is 11.5 Å². The van der Waals surface area contributed by atoms with Crippen LogP contribution in [0.15, 0.2) is 71.2 Å². The van der Waals surface area contributed by atoms with Gasteiger partial charge in [-0.25, -0.2) is 0 Å². The van der Waals surface area contributed by atoms with E-state index in [1.54, 1.807) is 30.2 Å². The van der Waals surface area contributed by atoms with Crippen LogP contribution < -0.4 is 25.2 Å². The highest BCUT2D eigenvalue weighted by Gasteiger charge is 2.35. The van der Waals surface area contributed by atoms with Crippen molar-refractivity contribution in [2.45, 2.75) is 20.0 Å². The van der Waals surface area contributed by atoms with Crippen molar-refractivity contribution >= 4 is 39.1 Å². The zero-order valence-corrected chi connectivity index (χ0v) is 20.6. The molecule has 1 aliphatic rings. The Hall–Kier alpha value is -3.52. The standard InChI is InChI=1S/C26H26BrN3O4/c1-17-3-10-22(11-4-17)30-15-19(13-25(30)31)26(32)29-28-21-9-12-23(24(14-21)33-2)34-16-18-5-7-20(27)8-6-18/h3-12,14,19,28H,13,15-16H2,1-2H3,(H,29,32)/t19-/m0/s1. The quantitative estimate of drug-likeness (QED) is 0.413. The van der Waals surface area contributed by atoms with Gasteiger partial charge in [0.1, 0.15) is 6.61 Å². The van der Waals surface area contributed by atoms with Crippen molar-refractivity contribution in [3.63, 3.8) is 0 Å². The van der Waals surface area contributed by atoms with Gasteiger partial charge in [-0.1, -0.05) is 45.8 Å². The predicted octanol–water partition coefficient (Wildman–Crippen LogP) is 4.84. The minimum Gasteiger partial charge on any atom is -0.493 e. The fraction of sp³-hybridized carbons (Fsp3) is 0.231. The third-order valence-electron chi connectivity index (χ3n) is 5.64. The second kappa shape index (κ2) is 10.6. The third-order valence-corrected chi connectivity index (χ3v) is 6.17. The molecular formula is C26H26BrN3O4. The molecule has 8 heteroatoms. The van der Waals surface area contributed by atoms with E-state index in [0.29, 0.717) is 30.3 Å². The van der Waals surface area contributed by atoms with Crippen LogP contribution in [0.25, 0.3) is 0 Å². The highest BCUT2D eigenvalue weighted by Crippen LogP contribution is 2.31. The molecule has 4 rings (SSSR count). The summed E-state index contributed by atoms with van der Waals surface area (Å²) >= 11 is 3.42. The highest BCUT2D eigenvalue weighted by atomic mass is 79.9. The summed E-state index contributed by atoms with van der Waals surface area (Å²) in [7, 11) is 1.56. The lowest BCUT2D eigenvalue weighted by Crippen LogP contribution is -2.36. The van der Waals surface area contributed by atoms with Crippen molar-refractivity contribution in [1.29, 1.82) is 0 Å². The first-order chi connectivity index (χ1) is 16.4. The summed E-state index contributed by atoms with van der Waals surface area (Å²) in [6.45, 7) is 2.75. The van der Waals surface area contributed by atoms with Crippen LogP contribution in [0.1, 0.15) is 17.5 Å². The Kier molecular flexibility index (Phi) is 7.37. The normalized spacial score (nSPS) is 15.2. The molecule has 0 saturated carbocycles. The number of hydrogen-bond donors (Lipinski definition) is 2. The maximum atomic E-state index is 12.7. The van der Waals surface area contributed by atoms with Crippen molar-refractivity contribution < 1.29 is 19.1 Å². The van der Waals surface area contributed by atoms with Gasteiger partial charge in [-0.3, -0.25) is 20.4 Å². The number of methoxy groups -OCH3 is 1. The van der Waals surface area contributed by atoms with Gasteiger partial charge in [-0.15, -0.1) is 0 Å². The molecule has 2 N–H and O–H groups in total. The average molecular weight is 524 g/mol. The molecule has 34 heavy (non-hydrogen) atoms. The molecule has 3 aromatic rings. The molecule has 1 atom stereocenters. The molecule has 1 aliphatic heterocycles. The number of nitrogens with one attached hydrogen (secondary N) is 2. The average Bonchev–Trinajstić information content (AvgIpc) is 3.24. The zero-order valence-electron chi connectivity index (χ0n) is 19.0. The van der Waals surface area contributed by atoms with E-state index in [4.69, 9.17) is 9.47 Å². The lowest BCUT2D eigenvalue weighted by atomic mass is 10.1. The largest absolute Gasteiger partial charge is 0.493 e. The summed E-state index contributed by atoms with van der Waals surface area (Å²) < 4.78 is 12.3. The van der Waals surface area contributed by atoms with E-state index in [9.17, 15) is 9.59 Å². The number of nitrogens with zero attached hydrogens (tertiary/aromatic N) is 1. The van der Waals surface area contributed by atoms with E-state index in [1.807, 2.05) is 55.5 Å². The Balaban J connectivity index is 1.33. The van der Waals surface area contributed by atoms with Crippen LogP contribution in [0.4, 0.5) is 11.4 Å². The van der Waals surface area contributed by atoms with Gasteiger partial charge in [0, 0.05) is 29.2 Å². The van der Waals surface area contributed by atoms with Crippen LogP contribution in [0.5, 0.6) is 11.5 Å². The van der Waals surface area contributed by atoms with E-state index in [0.717, 1.165) is 21.3 Å².